The van der Waals surface area contributed by atoms with E-state index in [0.29, 0.717) is 0 Å². The van der Waals surface area contributed by atoms with E-state index in [1.807, 2.05) is 36.5 Å². The molecule has 0 unspecified atom stereocenters. The predicted molar refractivity (Wildman–Crippen MR) is 115 cm³/mol. The van der Waals surface area contributed by atoms with E-state index in [-0.39, 0.29) is 6.10 Å². The summed E-state index contributed by atoms with van der Waals surface area (Å²) in [5, 5.41) is 4.58. The zero-order valence-electron chi connectivity index (χ0n) is 15.1. The largest absolute Gasteiger partial charge is 0.497 e. The van der Waals surface area contributed by atoms with Gasteiger partial charge < -0.3 is 19.5 Å². The first kappa shape index (κ1) is 18.3. The summed E-state index contributed by atoms with van der Waals surface area (Å²) < 4.78 is 18.2. The van der Waals surface area contributed by atoms with Crippen molar-refractivity contribution in [3.05, 3.63) is 52.2 Å². The quantitative estimate of drug-likeness (QED) is 0.517. The summed E-state index contributed by atoms with van der Waals surface area (Å²) in [5.41, 5.74) is 2.88. The number of fused-ring (bicyclic) bond motifs is 1. The van der Waals surface area contributed by atoms with Crippen molar-refractivity contribution in [2.45, 2.75) is 18.9 Å². The molecule has 0 bridgehead atoms. The molecule has 2 heterocycles. The van der Waals surface area contributed by atoms with Gasteiger partial charge in [-0.15, -0.1) is 0 Å². The third kappa shape index (κ3) is 4.44. The lowest BCUT2D eigenvalue weighted by Crippen LogP contribution is -2.25. The summed E-state index contributed by atoms with van der Waals surface area (Å²) in [6.07, 6.45) is 3.82. The zero-order valence-corrected chi connectivity index (χ0v) is 17.2. The Morgan fingerprint density at radius 2 is 1.89 bits per heavy atom. The molecule has 0 aliphatic carbocycles. The molecule has 0 atom stereocenters. The molecule has 0 amide bonds. The molecule has 1 saturated heterocycles. The highest BCUT2D eigenvalue weighted by atomic mass is 127. The summed E-state index contributed by atoms with van der Waals surface area (Å²) in [6.45, 7) is 1.50. The van der Waals surface area contributed by atoms with Crippen molar-refractivity contribution >= 4 is 44.9 Å². The lowest BCUT2D eigenvalue weighted by atomic mass is 10.1. The Morgan fingerprint density at radius 3 is 2.70 bits per heavy atom. The van der Waals surface area contributed by atoms with E-state index >= 15 is 0 Å². The van der Waals surface area contributed by atoms with Crippen LogP contribution in [0, 0.1) is 3.57 Å². The van der Waals surface area contributed by atoms with Crippen molar-refractivity contribution in [2.24, 2.45) is 0 Å². The van der Waals surface area contributed by atoms with Crippen LogP contribution in [-0.4, -0.2) is 31.4 Å². The topological polar surface area (TPSA) is 52.6 Å². The summed E-state index contributed by atoms with van der Waals surface area (Å²) in [4.78, 5) is 4.45. The summed E-state index contributed by atoms with van der Waals surface area (Å²) in [7, 11) is 1.67. The van der Waals surface area contributed by atoms with E-state index in [1.54, 1.807) is 7.11 Å². The van der Waals surface area contributed by atoms with E-state index < -0.39 is 0 Å². The molecule has 1 aromatic heterocycles. The van der Waals surface area contributed by atoms with Crippen LogP contribution in [0.2, 0.25) is 0 Å². The Labute approximate surface area is 172 Å². The van der Waals surface area contributed by atoms with Crippen LogP contribution in [0.15, 0.2) is 48.7 Å². The number of pyridine rings is 1. The van der Waals surface area contributed by atoms with Gasteiger partial charge in [0.25, 0.3) is 0 Å². The van der Waals surface area contributed by atoms with E-state index in [4.69, 9.17) is 14.2 Å². The van der Waals surface area contributed by atoms with Gasteiger partial charge in [-0.3, -0.25) is 4.98 Å². The lowest BCUT2D eigenvalue weighted by Gasteiger charge is -2.24. The first-order chi connectivity index (χ1) is 13.2. The van der Waals surface area contributed by atoms with Gasteiger partial charge in [-0.1, -0.05) is 0 Å². The highest BCUT2D eigenvalue weighted by Crippen LogP contribution is 2.32. The SMILES string of the molecule is COc1cc(Nc2ccnc3ccc(I)cc23)cc(OC2CCOCC2)c1. The van der Waals surface area contributed by atoms with E-state index in [9.17, 15) is 0 Å². The number of ether oxygens (including phenoxy) is 3. The molecule has 1 aliphatic heterocycles. The molecule has 0 spiro atoms. The first-order valence-corrected chi connectivity index (χ1v) is 10.0. The fourth-order valence-electron chi connectivity index (χ4n) is 3.20. The monoisotopic (exact) mass is 476 g/mol. The van der Waals surface area contributed by atoms with Gasteiger partial charge in [0.05, 0.1) is 25.8 Å². The van der Waals surface area contributed by atoms with Gasteiger partial charge in [-0.05, 0) is 46.9 Å². The minimum Gasteiger partial charge on any atom is -0.497 e. The molecule has 4 rings (SSSR count). The molecule has 3 aromatic rings. The number of anilines is 2. The van der Waals surface area contributed by atoms with Crippen molar-refractivity contribution in [1.82, 2.24) is 4.98 Å². The van der Waals surface area contributed by atoms with Crippen LogP contribution in [0.25, 0.3) is 10.9 Å². The van der Waals surface area contributed by atoms with Crippen molar-refractivity contribution in [3.63, 3.8) is 0 Å². The molecule has 0 radical (unpaired) electrons. The maximum atomic E-state index is 6.17. The van der Waals surface area contributed by atoms with Gasteiger partial charge in [0.1, 0.15) is 17.6 Å². The van der Waals surface area contributed by atoms with Crippen molar-refractivity contribution in [1.29, 1.82) is 0 Å². The second-order valence-electron chi connectivity index (χ2n) is 6.47. The molecule has 2 aromatic carbocycles. The number of methoxy groups -OCH3 is 1. The smallest absolute Gasteiger partial charge is 0.125 e. The molecular weight excluding hydrogens is 455 g/mol. The minimum absolute atomic E-state index is 0.182. The number of rotatable bonds is 5. The first-order valence-electron chi connectivity index (χ1n) is 8.96. The second-order valence-corrected chi connectivity index (χ2v) is 7.72. The van der Waals surface area contributed by atoms with Gasteiger partial charge in [-0.25, -0.2) is 0 Å². The van der Waals surface area contributed by atoms with Gasteiger partial charge in [0, 0.05) is 57.6 Å². The molecular formula is C21H21IN2O3. The maximum Gasteiger partial charge on any atom is 0.125 e. The standard InChI is InChI=1S/C21H21IN2O3/c1-25-17-11-15(12-18(13-17)27-16-5-8-26-9-6-16)24-21-4-7-23-20-3-2-14(22)10-19(20)21/h2-4,7,10-13,16H,5-6,8-9H2,1H3,(H,23,24). The van der Waals surface area contributed by atoms with Crippen molar-refractivity contribution in [3.8, 4) is 11.5 Å². The van der Waals surface area contributed by atoms with Crippen LogP contribution in [0.4, 0.5) is 11.4 Å². The fourth-order valence-corrected chi connectivity index (χ4v) is 3.69. The Hall–Kier alpha value is -2.06. The Morgan fingerprint density at radius 1 is 1.07 bits per heavy atom. The average molecular weight is 476 g/mol. The lowest BCUT2D eigenvalue weighted by molar-refractivity contribution is 0.0255. The van der Waals surface area contributed by atoms with Crippen LogP contribution in [0.1, 0.15) is 12.8 Å². The molecule has 6 heteroatoms. The Kier molecular flexibility index (Phi) is 5.63. The van der Waals surface area contributed by atoms with Crippen LogP contribution in [-0.2, 0) is 4.74 Å². The number of aromatic nitrogens is 1. The number of benzene rings is 2. The van der Waals surface area contributed by atoms with Gasteiger partial charge in [-0.2, -0.15) is 0 Å². The normalized spacial score (nSPS) is 14.9. The molecule has 5 nitrogen and oxygen atoms in total. The Bertz CT molecular complexity index is 942. The van der Waals surface area contributed by atoms with Crippen molar-refractivity contribution < 1.29 is 14.2 Å². The third-order valence-electron chi connectivity index (χ3n) is 4.57. The van der Waals surface area contributed by atoms with Crippen LogP contribution < -0.4 is 14.8 Å². The summed E-state index contributed by atoms with van der Waals surface area (Å²) in [5.74, 6) is 1.56. The zero-order chi connectivity index (χ0) is 18.6. The minimum atomic E-state index is 0.182. The van der Waals surface area contributed by atoms with Gasteiger partial charge in [0.2, 0.25) is 0 Å². The number of nitrogens with zero attached hydrogens (tertiary/aromatic N) is 1. The van der Waals surface area contributed by atoms with E-state index in [1.165, 1.54) is 3.57 Å². The van der Waals surface area contributed by atoms with Crippen LogP contribution >= 0.6 is 22.6 Å². The van der Waals surface area contributed by atoms with E-state index in [0.717, 1.165) is 59.8 Å². The fraction of sp³-hybridized carbons (Fsp3) is 0.286. The average Bonchev–Trinajstić information content (AvgIpc) is 2.69. The highest BCUT2D eigenvalue weighted by molar-refractivity contribution is 14.1. The molecule has 27 heavy (non-hydrogen) atoms. The second kappa shape index (κ2) is 8.31. The predicted octanol–water partition coefficient (Wildman–Crippen LogP) is 5.15. The molecule has 0 saturated carbocycles. The highest BCUT2D eigenvalue weighted by Gasteiger charge is 2.16. The number of hydrogen-bond donors (Lipinski definition) is 1. The molecule has 1 fully saturated rings. The maximum absolute atomic E-state index is 6.17. The molecule has 140 valence electrons. The van der Waals surface area contributed by atoms with Crippen LogP contribution in [0.5, 0.6) is 11.5 Å². The number of halogens is 1. The molecule has 1 N–H and O–H groups in total. The summed E-state index contributed by atoms with van der Waals surface area (Å²) in [6, 6.07) is 14.1. The Balaban J connectivity index is 1.63. The third-order valence-corrected chi connectivity index (χ3v) is 5.24. The van der Waals surface area contributed by atoms with Gasteiger partial charge in [0.15, 0.2) is 0 Å². The van der Waals surface area contributed by atoms with Crippen LogP contribution in [0.3, 0.4) is 0 Å². The van der Waals surface area contributed by atoms with E-state index in [2.05, 4.69) is 45.0 Å². The molecule has 1 aliphatic rings. The number of hydrogen-bond acceptors (Lipinski definition) is 5. The number of nitrogens with one attached hydrogen (secondary N) is 1. The van der Waals surface area contributed by atoms with Crippen molar-refractivity contribution in [2.75, 3.05) is 25.6 Å². The van der Waals surface area contributed by atoms with Gasteiger partial charge >= 0.3 is 0 Å². The summed E-state index contributed by atoms with van der Waals surface area (Å²) >= 11 is 2.32.